The Morgan fingerprint density at radius 1 is 1.32 bits per heavy atom. The van der Waals surface area contributed by atoms with Crippen molar-refractivity contribution in [3.05, 3.63) is 35.7 Å². The average Bonchev–Trinajstić information content (AvgIpc) is 3.06. The molecule has 3 amide bonds. The second-order valence-electron chi connectivity index (χ2n) is 8.64. The van der Waals surface area contributed by atoms with Crippen LogP contribution in [0, 0.1) is 5.82 Å². The fourth-order valence-corrected chi connectivity index (χ4v) is 3.45. The highest BCUT2D eigenvalue weighted by Crippen LogP contribution is 2.29. The molecule has 1 aromatic carbocycles. The maximum Gasteiger partial charge on any atom is 0.414 e. The first-order chi connectivity index (χ1) is 14.5. The van der Waals surface area contributed by atoms with Gasteiger partial charge in [-0.05, 0) is 51.0 Å². The number of halogens is 1. The van der Waals surface area contributed by atoms with E-state index in [0.29, 0.717) is 29.8 Å². The summed E-state index contributed by atoms with van der Waals surface area (Å²) in [6.45, 7) is 7.95. The Morgan fingerprint density at radius 2 is 2.06 bits per heavy atom. The molecule has 9 heteroatoms. The molecule has 0 aromatic heterocycles. The third-order valence-corrected chi connectivity index (χ3v) is 4.87. The molecule has 1 atom stereocenters. The van der Waals surface area contributed by atoms with Crippen molar-refractivity contribution in [3.63, 3.8) is 0 Å². The number of cyclic esters (lactones) is 1. The van der Waals surface area contributed by atoms with Crippen molar-refractivity contribution < 1.29 is 28.2 Å². The van der Waals surface area contributed by atoms with Crippen LogP contribution in [0.1, 0.15) is 39.7 Å². The zero-order valence-corrected chi connectivity index (χ0v) is 18.2. The largest absolute Gasteiger partial charge is 0.444 e. The van der Waals surface area contributed by atoms with Gasteiger partial charge in [0.1, 0.15) is 17.5 Å². The van der Waals surface area contributed by atoms with Gasteiger partial charge >= 0.3 is 12.2 Å². The lowest BCUT2D eigenvalue weighted by Gasteiger charge is -2.30. The molecule has 2 aliphatic heterocycles. The molecule has 0 spiro atoms. The van der Waals surface area contributed by atoms with Gasteiger partial charge in [-0.3, -0.25) is 9.69 Å². The van der Waals surface area contributed by atoms with Crippen molar-refractivity contribution in [1.29, 1.82) is 0 Å². The van der Waals surface area contributed by atoms with Gasteiger partial charge in [0, 0.05) is 25.6 Å². The number of hydrogen-bond donors (Lipinski definition) is 1. The molecule has 0 aliphatic carbocycles. The monoisotopic (exact) mass is 433 g/mol. The summed E-state index contributed by atoms with van der Waals surface area (Å²) in [6, 6.07) is 4.53. The molecule has 168 valence electrons. The second-order valence-corrected chi connectivity index (χ2v) is 8.64. The Hall–Kier alpha value is -3.10. The molecule has 1 fully saturated rings. The van der Waals surface area contributed by atoms with E-state index in [2.05, 4.69) is 5.32 Å². The van der Waals surface area contributed by atoms with Crippen LogP contribution in [0.3, 0.4) is 0 Å². The highest BCUT2D eigenvalue weighted by atomic mass is 19.1. The van der Waals surface area contributed by atoms with Crippen LogP contribution in [0.15, 0.2) is 24.3 Å². The summed E-state index contributed by atoms with van der Waals surface area (Å²) >= 11 is 0. The number of ether oxygens (including phenoxy) is 2. The van der Waals surface area contributed by atoms with E-state index in [9.17, 15) is 18.8 Å². The molecule has 0 saturated carbocycles. The van der Waals surface area contributed by atoms with E-state index in [1.54, 1.807) is 37.8 Å². The van der Waals surface area contributed by atoms with Crippen LogP contribution in [0.2, 0.25) is 0 Å². The van der Waals surface area contributed by atoms with Crippen molar-refractivity contribution in [2.45, 2.75) is 45.8 Å². The van der Waals surface area contributed by atoms with Gasteiger partial charge < -0.3 is 19.7 Å². The van der Waals surface area contributed by atoms with Crippen LogP contribution >= 0.6 is 0 Å². The predicted octanol–water partition coefficient (Wildman–Crippen LogP) is 3.31. The number of amides is 3. The molecule has 0 radical (unpaired) electrons. The molecule has 0 unspecified atom stereocenters. The average molecular weight is 433 g/mol. The maximum absolute atomic E-state index is 15.0. The van der Waals surface area contributed by atoms with Crippen LogP contribution in [-0.2, 0) is 14.3 Å². The first-order valence-electron chi connectivity index (χ1n) is 10.2. The molecule has 0 bridgehead atoms. The summed E-state index contributed by atoms with van der Waals surface area (Å²) in [5.74, 6) is -0.709. The van der Waals surface area contributed by atoms with E-state index in [0.717, 1.165) is 0 Å². The van der Waals surface area contributed by atoms with Gasteiger partial charge in [0.05, 0.1) is 18.8 Å². The summed E-state index contributed by atoms with van der Waals surface area (Å²) < 4.78 is 25.6. The van der Waals surface area contributed by atoms with Gasteiger partial charge in [-0.1, -0.05) is 6.08 Å². The lowest BCUT2D eigenvalue weighted by molar-refractivity contribution is -0.119. The SMILES string of the molecule is CC(=O)NC[C@H]1CN(c2ccc(C3=CCCN(C(=O)OC(C)(C)C)C3)c(F)c2)C(=O)O1. The summed E-state index contributed by atoms with van der Waals surface area (Å²) in [7, 11) is 0. The molecule has 2 aliphatic rings. The third kappa shape index (κ3) is 5.74. The maximum atomic E-state index is 15.0. The van der Waals surface area contributed by atoms with Crippen molar-refractivity contribution >= 4 is 29.4 Å². The van der Waals surface area contributed by atoms with Crippen molar-refractivity contribution in [2.75, 3.05) is 31.1 Å². The number of nitrogens with zero attached hydrogens (tertiary/aromatic N) is 2. The minimum atomic E-state index is -0.604. The minimum Gasteiger partial charge on any atom is -0.444 e. The summed E-state index contributed by atoms with van der Waals surface area (Å²) in [6.07, 6.45) is 0.990. The quantitative estimate of drug-likeness (QED) is 0.787. The molecule has 1 saturated heterocycles. The Labute approximate surface area is 181 Å². The van der Waals surface area contributed by atoms with E-state index < -0.39 is 29.7 Å². The van der Waals surface area contributed by atoms with Crippen LogP contribution in [0.5, 0.6) is 0 Å². The van der Waals surface area contributed by atoms with E-state index in [1.165, 1.54) is 17.9 Å². The minimum absolute atomic E-state index is 0.200. The Bertz CT molecular complexity index is 909. The van der Waals surface area contributed by atoms with Crippen LogP contribution in [0.25, 0.3) is 5.57 Å². The van der Waals surface area contributed by atoms with E-state index >= 15 is 0 Å². The van der Waals surface area contributed by atoms with Crippen molar-refractivity contribution in [3.8, 4) is 0 Å². The zero-order valence-electron chi connectivity index (χ0n) is 18.2. The fourth-order valence-electron chi connectivity index (χ4n) is 3.45. The zero-order chi connectivity index (χ0) is 22.8. The van der Waals surface area contributed by atoms with Crippen LogP contribution in [0.4, 0.5) is 19.7 Å². The Balaban J connectivity index is 1.69. The first-order valence-corrected chi connectivity index (χ1v) is 10.2. The van der Waals surface area contributed by atoms with E-state index in [-0.39, 0.29) is 25.5 Å². The van der Waals surface area contributed by atoms with E-state index in [4.69, 9.17) is 9.47 Å². The molecule has 3 rings (SSSR count). The third-order valence-electron chi connectivity index (χ3n) is 4.87. The van der Waals surface area contributed by atoms with E-state index in [1.807, 2.05) is 6.08 Å². The van der Waals surface area contributed by atoms with Gasteiger partial charge in [-0.15, -0.1) is 0 Å². The smallest absolute Gasteiger partial charge is 0.414 e. The van der Waals surface area contributed by atoms with Crippen molar-refractivity contribution in [2.24, 2.45) is 0 Å². The first kappa shape index (κ1) is 22.6. The number of nitrogens with one attached hydrogen (secondary N) is 1. The number of benzene rings is 1. The standard InChI is InChI=1S/C22H28FN3O5/c1-14(27)24-11-17-13-26(21(29)30-17)16-7-8-18(19(23)10-16)15-6-5-9-25(12-15)20(28)31-22(2,3)4/h6-8,10,17H,5,9,11-13H2,1-4H3,(H,24,27)/t17-/m0/s1. The highest BCUT2D eigenvalue weighted by Gasteiger charge is 2.33. The molecule has 8 nitrogen and oxygen atoms in total. The molecular formula is C22H28FN3O5. The predicted molar refractivity (Wildman–Crippen MR) is 113 cm³/mol. The molecule has 31 heavy (non-hydrogen) atoms. The molecule has 1 aromatic rings. The molecule has 2 heterocycles. The number of rotatable bonds is 4. The summed E-state index contributed by atoms with van der Waals surface area (Å²) in [5, 5.41) is 2.60. The van der Waals surface area contributed by atoms with Gasteiger partial charge in [0.15, 0.2) is 0 Å². The Kier molecular flexibility index (Phi) is 6.52. The van der Waals surface area contributed by atoms with Crippen LogP contribution in [-0.4, -0.2) is 60.9 Å². The van der Waals surface area contributed by atoms with Gasteiger partial charge in [-0.2, -0.15) is 0 Å². The Morgan fingerprint density at radius 3 is 2.71 bits per heavy atom. The fraction of sp³-hybridized carbons (Fsp3) is 0.500. The number of carbonyl (C=O) groups excluding carboxylic acids is 3. The summed E-state index contributed by atoms with van der Waals surface area (Å²) in [5.41, 5.74) is 0.831. The normalized spacial score (nSPS) is 19.1. The van der Waals surface area contributed by atoms with Crippen LogP contribution < -0.4 is 10.2 Å². The summed E-state index contributed by atoms with van der Waals surface area (Å²) in [4.78, 5) is 38.5. The lowest BCUT2D eigenvalue weighted by atomic mass is 10.00. The topological polar surface area (TPSA) is 88.2 Å². The lowest BCUT2D eigenvalue weighted by Crippen LogP contribution is -2.39. The number of anilines is 1. The van der Waals surface area contributed by atoms with Crippen molar-refractivity contribution in [1.82, 2.24) is 10.2 Å². The molecular weight excluding hydrogens is 405 g/mol. The van der Waals surface area contributed by atoms with Gasteiger partial charge in [-0.25, -0.2) is 14.0 Å². The second kappa shape index (κ2) is 8.95. The highest BCUT2D eigenvalue weighted by molar-refractivity contribution is 5.90. The number of hydrogen-bond acceptors (Lipinski definition) is 5. The van der Waals surface area contributed by atoms with Gasteiger partial charge in [0.2, 0.25) is 5.91 Å². The van der Waals surface area contributed by atoms with Gasteiger partial charge in [0.25, 0.3) is 0 Å². The molecule has 1 N–H and O–H groups in total. The number of carbonyl (C=O) groups is 3.